The Morgan fingerprint density at radius 2 is 1.21 bits per heavy atom. The number of hydrogen-bond donors (Lipinski definition) is 2. The van der Waals surface area contributed by atoms with E-state index in [0.717, 1.165) is 0 Å². The van der Waals surface area contributed by atoms with E-state index in [2.05, 4.69) is 9.47 Å². The molecule has 2 rings (SSSR count). The molecule has 0 aromatic carbocycles. The van der Waals surface area contributed by atoms with Crippen molar-refractivity contribution < 1.29 is 90.4 Å². The molecule has 0 aliphatic carbocycles. The zero-order chi connectivity index (χ0) is 16.5. The van der Waals surface area contributed by atoms with Crippen LogP contribution in [0.2, 0.25) is 0 Å². The molecule has 2 heterocycles. The molecule has 2 saturated heterocycles. The van der Waals surface area contributed by atoms with Gasteiger partial charge in [0.15, 0.2) is 24.8 Å². The van der Waals surface area contributed by atoms with Crippen LogP contribution in [0.5, 0.6) is 0 Å². The summed E-state index contributed by atoms with van der Waals surface area (Å²) in [5.41, 5.74) is 0. The summed E-state index contributed by atoms with van der Waals surface area (Å²) in [6.07, 6.45) is -2.73. The van der Waals surface area contributed by atoms with E-state index in [9.17, 15) is 9.59 Å². The minimum atomic E-state index is -0.683. The number of ether oxygens (including phenoxy) is 6. The molecular formula is C12H20O10W2. The van der Waals surface area contributed by atoms with Gasteiger partial charge in [0, 0.05) is 42.1 Å². The molecule has 140 valence electrons. The van der Waals surface area contributed by atoms with Crippen LogP contribution in [0.15, 0.2) is 0 Å². The van der Waals surface area contributed by atoms with Crippen LogP contribution >= 0.6 is 0 Å². The minimum absolute atomic E-state index is 0. The first-order chi connectivity index (χ1) is 10.5. The Balaban J connectivity index is 0. The van der Waals surface area contributed by atoms with Crippen LogP contribution in [0.25, 0.3) is 0 Å². The number of rotatable bonds is 4. The molecule has 0 amide bonds. The van der Waals surface area contributed by atoms with Gasteiger partial charge in [0.25, 0.3) is 0 Å². The zero-order valence-corrected chi connectivity index (χ0v) is 19.0. The summed E-state index contributed by atoms with van der Waals surface area (Å²) in [6.45, 7) is -0.184. The Hall–Kier alpha value is 0.0766. The van der Waals surface area contributed by atoms with Gasteiger partial charge in [-0.2, -0.15) is 0 Å². The molecule has 2 fully saturated rings. The number of esters is 2. The number of aliphatic hydroxyl groups excluding tert-OH is 2. The smallest absolute Gasteiger partial charge is 0.337 e. The van der Waals surface area contributed by atoms with E-state index in [1.54, 1.807) is 0 Å². The Bertz CT molecular complexity index is 336. The Labute approximate surface area is 167 Å². The van der Waals surface area contributed by atoms with Gasteiger partial charge in [-0.1, -0.05) is 0 Å². The topological polar surface area (TPSA) is 130 Å². The summed E-state index contributed by atoms with van der Waals surface area (Å²) in [5.74, 6) is -0.943. The average molecular weight is 692 g/mol. The standard InChI is InChI=1S/2C6H10O5.2W/c2*1-9-6(8)4-3-10-5(2-7)11-4;;/h2*4-5,7H,2-3H2,1H3;;. The van der Waals surface area contributed by atoms with Gasteiger partial charge in [0.05, 0.1) is 40.6 Å². The molecule has 0 aromatic heterocycles. The maximum Gasteiger partial charge on any atom is 0.337 e. The Morgan fingerprint density at radius 3 is 1.42 bits per heavy atom. The van der Waals surface area contributed by atoms with Gasteiger partial charge in [-0.25, -0.2) is 9.59 Å². The van der Waals surface area contributed by atoms with E-state index in [1.165, 1.54) is 14.2 Å². The minimum Gasteiger partial charge on any atom is -0.467 e. The second-order valence-corrected chi connectivity index (χ2v) is 4.19. The second-order valence-electron chi connectivity index (χ2n) is 4.19. The number of carbonyl (C=O) groups excluding carboxylic acids is 2. The number of aliphatic hydroxyl groups is 2. The predicted octanol–water partition coefficient (Wildman–Crippen LogP) is -2.22. The summed E-state index contributed by atoms with van der Waals surface area (Å²) < 4.78 is 28.4. The largest absolute Gasteiger partial charge is 0.467 e. The van der Waals surface area contributed by atoms with Crippen molar-refractivity contribution in [3.8, 4) is 0 Å². The zero-order valence-electron chi connectivity index (χ0n) is 13.1. The van der Waals surface area contributed by atoms with Crippen molar-refractivity contribution in [1.82, 2.24) is 0 Å². The van der Waals surface area contributed by atoms with Crippen molar-refractivity contribution >= 4 is 11.9 Å². The molecule has 2 aliphatic rings. The Kier molecular flexibility index (Phi) is 15.6. The van der Waals surface area contributed by atoms with Gasteiger partial charge >= 0.3 is 11.9 Å². The van der Waals surface area contributed by atoms with E-state index in [1.807, 2.05) is 0 Å². The molecule has 12 heteroatoms. The molecule has 10 nitrogen and oxygen atoms in total. The van der Waals surface area contributed by atoms with Crippen LogP contribution in [-0.4, -0.2) is 87.6 Å². The van der Waals surface area contributed by atoms with Crippen LogP contribution in [0, 0.1) is 0 Å². The van der Waals surface area contributed by atoms with Crippen molar-refractivity contribution in [1.29, 1.82) is 0 Å². The fraction of sp³-hybridized carbons (Fsp3) is 0.833. The van der Waals surface area contributed by atoms with Crippen LogP contribution < -0.4 is 0 Å². The molecule has 0 spiro atoms. The van der Waals surface area contributed by atoms with Gasteiger partial charge in [0.1, 0.15) is 0 Å². The van der Waals surface area contributed by atoms with Gasteiger partial charge < -0.3 is 38.6 Å². The number of hydrogen-bond acceptors (Lipinski definition) is 10. The van der Waals surface area contributed by atoms with Gasteiger partial charge in [-0.3, -0.25) is 0 Å². The van der Waals surface area contributed by atoms with Gasteiger partial charge in [-0.15, -0.1) is 0 Å². The maximum atomic E-state index is 10.8. The summed E-state index contributed by atoms with van der Waals surface area (Å²) in [6, 6.07) is 0. The monoisotopic (exact) mass is 692 g/mol. The molecule has 0 aromatic rings. The molecular weight excluding hydrogens is 672 g/mol. The summed E-state index contributed by atoms with van der Waals surface area (Å²) in [7, 11) is 2.55. The fourth-order valence-electron chi connectivity index (χ4n) is 1.61. The quantitative estimate of drug-likeness (QED) is 0.313. The predicted molar refractivity (Wildman–Crippen MR) is 67.4 cm³/mol. The van der Waals surface area contributed by atoms with Crippen LogP contribution in [0.3, 0.4) is 0 Å². The SMILES string of the molecule is COC(=O)C1COC(CO)O1.COC(=O)C1COC(CO)O1.[W].[W]. The summed E-state index contributed by atoms with van der Waals surface area (Å²) in [5, 5.41) is 17.1. The fourth-order valence-corrected chi connectivity index (χ4v) is 1.61. The molecule has 4 unspecified atom stereocenters. The molecule has 24 heavy (non-hydrogen) atoms. The van der Waals surface area contributed by atoms with Gasteiger partial charge in [-0.05, 0) is 0 Å². The van der Waals surface area contributed by atoms with Crippen molar-refractivity contribution in [2.45, 2.75) is 24.8 Å². The van der Waals surface area contributed by atoms with Crippen molar-refractivity contribution in [2.24, 2.45) is 0 Å². The molecule has 4 atom stereocenters. The third-order valence-electron chi connectivity index (χ3n) is 2.73. The number of methoxy groups -OCH3 is 2. The van der Waals surface area contributed by atoms with E-state index in [4.69, 9.17) is 29.2 Å². The van der Waals surface area contributed by atoms with E-state index >= 15 is 0 Å². The van der Waals surface area contributed by atoms with E-state index < -0.39 is 36.7 Å². The van der Waals surface area contributed by atoms with Gasteiger partial charge in [0.2, 0.25) is 0 Å². The molecule has 0 radical (unpaired) electrons. The van der Waals surface area contributed by atoms with Crippen LogP contribution in [0.1, 0.15) is 0 Å². The normalized spacial score (nSPS) is 27.8. The van der Waals surface area contributed by atoms with E-state index in [0.29, 0.717) is 0 Å². The van der Waals surface area contributed by atoms with Crippen LogP contribution in [-0.2, 0) is 80.1 Å². The molecule has 0 saturated carbocycles. The van der Waals surface area contributed by atoms with Crippen LogP contribution in [0.4, 0.5) is 0 Å². The summed E-state index contributed by atoms with van der Waals surface area (Å²) >= 11 is 0. The first kappa shape index (κ1) is 26.3. The van der Waals surface area contributed by atoms with Crippen molar-refractivity contribution in [2.75, 3.05) is 40.6 Å². The summed E-state index contributed by atoms with van der Waals surface area (Å²) in [4.78, 5) is 21.5. The Morgan fingerprint density at radius 1 is 0.875 bits per heavy atom. The molecule has 2 N–H and O–H groups in total. The van der Waals surface area contributed by atoms with E-state index in [-0.39, 0.29) is 68.6 Å². The third kappa shape index (κ3) is 8.45. The average Bonchev–Trinajstić information content (AvgIpc) is 3.22. The first-order valence-electron chi connectivity index (χ1n) is 6.47. The molecule has 0 bridgehead atoms. The van der Waals surface area contributed by atoms with Crippen molar-refractivity contribution in [3.63, 3.8) is 0 Å². The van der Waals surface area contributed by atoms with Crippen molar-refractivity contribution in [3.05, 3.63) is 0 Å². The molecule has 2 aliphatic heterocycles. The maximum absolute atomic E-state index is 10.8. The first-order valence-corrected chi connectivity index (χ1v) is 6.47. The second kappa shape index (κ2) is 14.3. The number of carbonyl (C=O) groups is 2. The third-order valence-corrected chi connectivity index (χ3v) is 2.73.